The molecule has 0 saturated heterocycles. The highest BCUT2D eigenvalue weighted by Gasteiger charge is 2.44. The van der Waals surface area contributed by atoms with Gasteiger partial charge in [-0.3, -0.25) is 4.90 Å². The number of oxazole rings is 1. The van der Waals surface area contributed by atoms with E-state index in [0.717, 1.165) is 37.7 Å². The third-order valence-corrected chi connectivity index (χ3v) is 6.23. The van der Waals surface area contributed by atoms with Gasteiger partial charge in [-0.05, 0) is 43.4 Å². The molecule has 0 amide bonds. The van der Waals surface area contributed by atoms with Crippen LogP contribution in [0, 0.1) is 0 Å². The van der Waals surface area contributed by atoms with Gasteiger partial charge in [0, 0.05) is 6.42 Å². The fraction of sp³-hybridized carbons (Fsp3) is 0.333. The van der Waals surface area contributed by atoms with Crippen LogP contribution in [0.2, 0.25) is 0 Å². The van der Waals surface area contributed by atoms with Crippen LogP contribution in [0.1, 0.15) is 53.9 Å². The number of nitrogens with two attached hydrogens (primary N) is 2. The van der Waals surface area contributed by atoms with E-state index < -0.39 is 11.6 Å². The first-order valence-corrected chi connectivity index (χ1v) is 11.0. The van der Waals surface area contributed by atoms with Gasteiger partial charge in [0.1, 0.15) is 11.2 Å². The number of rotatable bonds is 4. The van der Waals surface area contributed by atoms with Gasteiger partial charge < -0.3 is 20.6 Å². The zero-order valence-electron chi connectivity index (χ0n) is 18.5. The first-order valence-electron chi connectivity index (χ1n) is 11.0. The molecule has 5 rings (SSSR count). The Labute approximate surface area is 191 Å². The molecule has 0 bridgehead atoms. The maximum atomic E-state index is 12.5. The summed E-state index contributed by atoms with van der Waals surface area (Å²) in [4.78, 5) is 28.0. The van der Waals surface area contributed by atoms with Crippen LogP contribution in [0.25, 0.3) is 11.1 Å². The van der Waals surface area contributed by atoms with Gasteiger partial charge in [0.25, 0.3) is 0 Å². The largest absolute Gasteiger partial charge is 0.465 e. The molecule has 1 saturated carbocycles. The Morgan fingerprint density at radius 2 is 1.91 bits per heavy atom. The Balaban J connectivity index is 1.68. The number of carbonyl (C=O) groups excluding carboxylic acids is 1. The summed E-state index contributed by atoms with van der Waals surface area (Å²) in [6.07, 6.45) is 5.12. The smallest absolute Gasteiger partial charge is 0.338 e. The van der Waals surface area contributed by atoms with Crippen LogP contribution < -0.4 is 16.4 Å². The summed E-state index contributed by atoms with van der Waals surface area (Å²) < 4.78 is 11.2. The van der Waals surface area contributed by atoms with E-state index in [2.05, 4.69) is 9.98 Å². The number of methoxy groups -OCH3 is 1. The number of hydrogen-bond acceptors (Lipinski definition) is 9. The number of benzene rings is 2. The van der Waals surface area contributed by atoms with Crippen molar-refractivity contribution in [2.45, 2.75) is 44.2 Å². The van der Waals surface area contributed by atoms with Gasteiger partial charge in [0.15, 0.2) is 11.5 Å². The molecule has 9 heteroatoms. The fourth-order valence-corrected chi connectivity index (χ4v) is 4.78. The minimum absolute atomic E-state index is 0.161. The second-order valence-electron chi connectivity index (χ2n) is 8.42. The average Bonchev–Trinajstić information content (AvgIpc) is 3.21. The number of ether oxygens (including phenoxy) is 1. The Morgan fingerprint density at radius 1 is 1.15 bits per heavy atom. The average molecular weight is 447 g/mol. The normalized spacial score (nSPS) is 17.7. The lowest BCUT2D eigenvalue weighted by molar-refractivity contribution is 0.0601. The predicted octanol–water partition coefficient (Wildman–Crippen LogP) is 3.32. The molecule has 9 nitrogen and oxygen atoms in total. The van der Waals surface area contributed by atoms with Crippen molar-refractivity contribution in [2.24, 2.45) is 21.5 Å². The van der Waals surface area contributed by atoms with Crippen LogP contribution >= 0.6 is 0 Å². The molecule has 2 aromatic carbocycles. The lowest BCUT2D eigenvalue weighted by atomic mass is 9.87. The molecule has 1 aromatic heterocycles. The maximum Gasteiger partial charge on any atom is 0.338 e. The van der Waals surface area contributed by atoms with Crippen molar-refractivity contribution < 1.29 is 13.9 Å². The Kier molecular flexibility index (Phi) is 5.24. The van der Waals surface area contributed by atoms with E-state index in [1.807, 2.05) is 35.2 Å². The van der Waals surface area contributed by atoms with E-state index in [1.54, 1.807) is 12.1 Å². The first kappa shape index (κ1) is 21.0. The second kappa shape index (κ2) is 8.23. The van der Waals surface area contributed by atoms with E-state index in [-0.39, 0.29) is 11.9 Å². The van der Waals surface area contributed by atoms with E-state index in [9.17, 15) is 4.79 Å². The number of nitrogens with zero attached hydrogens (tertiary/aromatic N) is 4. The van der Waals surface area contributed by atoms with Crippen molar-refractivity contribution in [3.63, 3.8) is 0 Å². The van der Waals surface area contributed by atoms with Crippen molar-refractivity contribution in [2.75, 3.05) is 12.0 Å². The molecule has 2 heterocycles. The van der Waals surface area contributed by atoms with Crippen LogP contribution in [0.5, 0.6) is 0 Å². The number of guanidine groups is 2. The molecule has 0 unspecified atom stereocenters. The summed E-state index contributed by atoms with van der Waals surface area (Å²) in [6, 6.07) is 13.3. The lowest BCUT2D eigenvalue weighted by Crippen LogP contribution is -2.58. The minimum atomic E-state index is -0.678. The summed E-state index contributed by atoms with van der Waals surface area (Å²) in [5.41, 5.74) is 14.8. The highest BCUT2D eigenvalue weighted by Crippen LogP contribution is 2.42. The van der Waals surface area contributed by atoms with Crippen LogP contribution in [0.15, 0.2) is 56.9 Å². The number of fused-ring (bicyclic) bond motifs is 1. The van der Waals surface area contributed by atoms with E-state index >= 15 is 0 Å². The summed E-state index contributed by atoms with van der Waals surface area (Å²) in [5.74, 6) is 0.439. The van der Waals surface area contributed by atoms with Gasteiger partial charge in [0.2, 0.25) is 11.9 Å². The van der Waals surface area contributed by atoms with Gasteiger partial charge in [-0.25, -0.2) is 14.8 Å². The van der Waals surface area contributed by atoms with Crippen LogP contribution in [-0.4, -0.2) is 35.6 Å². The lowest BCUT2D eigenvalue weighted by Gasteiger charge is -2.45. The number of anilines is 1. The third kappa shape index (κ3) is 3.79. The van der Waals surface area contributed by atoms with E-state index in [0.29, 0.717) is 34.7 Å². The molecule has 0 radical (unpaired) electrons. The van der Waals surface area contributed by atoms with Gasteiger partial charge in [0.05, 0.1) is 18.4 Å². The molecule has 1 spiro atoms. The highest BCUT2D eigenvalue weighted by molar-refractivity contribution is 6.10. The van der Waals surface area contributed by atoms with E-state index in [1.165, 1.54) is 7.11 Å². The first-order chi connectivity index (χ1) is 16.0. The molecule has 0 atom stereocenters. The van der Waals surface area contributed by atoms with Crippen molar-refractivity contribution in [1.29, 1.82) is 0 Å². The molecular formula is C24H26N6O3. The van der Waals surface area contributed by atoms with Gasteiger partial charge in [-0.2, -0.15) is 4.99 Å². The molecule has 1 fully saturated rings. The summed E-state index contributed by atoms with van der Waals surface area (Å²) in [5, 5.41) is 0. The van der Waals surface area contributed by atoms with Gasteiger partial charge in [-0.1, -0.05) is 36.8 Å². The number of aromatic nitrogens is 1. The van der Waals surface area contributed by atoms with Gasteiger partial charge >= 0.3 is 5.97 Å². The molecule has 1 aliphatic carbocycles. The second-order valence-corrected chi connectivity index (χ2v) is 8.42. The Hall–Kier alpha value is -3.88. The topological polar surface area (TPSA) is 132 Å². The standard InChI is InChI=1S/C24H26N6O3/c1-32-21(31)16-13-17-20(33-19(27-17)12-15-8-4-2-5-9-15)18(14-16)30-23(26)28-22(25)29-24(30)10-6-3-7-11-24/h2,4-5,8-9,13-14H,3,6-7,10-12H2,1H3,(H4,25,26,28,29). The molecule has 1 aliphatic heterocycles. The Bertz CT molecular complexity index is 1260. The van der Waals surface area contributed by atoms with Crippen molar-refractivity contribution in [3.05, 3.63) is 59.5 Å². The minimum Gasteiger partial charge on any atom is -0.465 e. The monoisotopic (exact) mass is 446 g/mol. The summed E-state index contributed by atoms with van der Waals surface area (Å²) in [6.45, 7) is 0. The number of esters is 1. The molecule has 33 heavy (non-hydrogen) atoms. The van der Waals surface area contributed by atoms with Crippen molar-refractivity contribution >= 4 is 34.7 Å². The van der Waals surface area contributed by atoms with Crippen molar-refractivity contribution in [1.82, 2.24) is 4.98 Å². The predicted molar refractivity (Wildman–Crippen MR) is 126 cm³/mol. The van der Waals surface area contributed by atoms with Crippen LogP contribution in [-0.2, 0) is 11.2 Å². The quantitative estimate of drug-likeness (QED) is 0.588. The molecular weight excluding hydrogens is 420 g/mol. The number of aliphatic imine (C=N–C) groups is 2. The molecule has 4 N–H and O–H groups in total. The highest BCUT2D eigenvalue weighted by atomic mass is 16.5. The zero-order chi connectivity index (χ0) is 23.0. The van der Waals surface area contributed by atoms with Crippen LogP contribution in [0.3, 0.4) is 0 Å². The van der Waals surface area contributed by atoms with E-state index in [4.69, 9.17) is 25.6 Å². The number of hydrogen-bond donors (Lipinski definition) is 2. The fourth-order valence-electron chi connectivity index (χ4n) is 4.78. The number of carbonyl (C=O) groups is 1. The summed E-state index contributed by atoms with van der Waals surface area (Å²) >= 11 is 0. The van der Waals surface area contributed by atoms with Gasteiger partial charge in [-0.15, -0.1) is 0 Å². The molecule has 3 aromatic rings. The maximum absolute atomic E-state index is 12.5. The SMILES string of the molecule is COC(=O)c1cc(N2C(N)=NC(N)=NC23CCCCC3)c2oc(Cc3ccccc3)nc2c1. The molecule has 170 valence electrons. The Morgan fingerprint density at radius 3 is 2.64 bits per heavy atom. The van der Waals surface area contributed by atoms with Crippen molar-refractivity contribution in [3.8, 4) is 0 Å². The third-order valence-electron chi connectivity index (χ3n) is 6.23. The van der Waals surface area contributed by atoms with Crippen LogP contribution in [0.4, 0.5) is 5.69 Å². The molecule has 2 aliphatic rings. The zero-order valence-corrected chi connectivity index (χ0v) is 18.5. The summed E-state index contributed by atoms with van der Waals surface area (Å²) in [7, 11) is 1.35.